The molecule has 2 N–H and O–H groups in total. The van der Waals surface area contributed by atoms with Crippen LogP contribution >= 0.6 is 0 Å². The Bertz CT molecular complexity index is 1010. The molecule has 0 spiro atoms. The first-order chi connectivity index (χ1) is 14.4. The van der Waals surface area contributed by atoms with Gasteiger partial charge in [0, 0.05) is 40.9 Å². The minimum Gasteiger partial charge on any atom is -0.460 e. The van der Waals surface area contributed by atoms with Gasteiger partial charge in [-0.2, -0.15) is 0 Å². The van der Waals surface area contributed by atoms with E-state index in [0.29, 0.717) is 17.7 Å². The van der Waals surface area contributed by atoms with Crippen LogP contribution in [0.25, 0.3) is 0 Å². The number of aromatic amines is 1. The Morgan fingerprint density at radius 3 is 2.67 bits per heavy atom. The number of hydrogen-bond donors (Lipinski definition) is 1. The first-order valence-electron chi connectivity index (χ1n) is 10.2. The number of allylic oxidation sites excluding steroid dienone is 2. The summed E-state index contributed by atoms with van der Waals surface area (Å²) in [6.45, 7) is 8.50. The summed E-state index contributed by atoms with van der Waals surface area (Å²) < 4.78 is 5.66. The number of benzene rings is 1. The Balaban J connectivity index is 1.70. The summed E-state index contributed by atoms with van der Waals surface area (Å²) in [5.74, 6) is -1.39. The van der Waals surface area contributed by atoms with Gasteiger partial charge in [0.05, 0.1) is 0 Å². The fraction of sp³-hybridized carbons (Fsp3) is 0.320. The molecule has 1 aromatic carbocycles. The van der Waals surface area contributed by atoms with Gasteiger partial charge >= 0.3 is 5.97 Å². The molecule has 4 rings (SSSR count). The SMILES string of the molecule is C=C1NC2=C(C(=O)CC(C)(C)C2)C(c2ccc[nH+]c2)C1C(=O)OCc1ccccc1. The Labute approximate surface area is 176 Å². The van der Waals surface area contributed by atoms with E-state index in [4.69, 9.17) is 4.74 Å². The van der Waals surface area contributed by atoms with Crippen molar-refractivity contribution in [2.24, 2.45) is 11.3 Å². The highest BCUT2D eigenvalue weighted by Gasteiger charge is 2.47. The van der Waals surface area contributed by atoms with Crippen molar-refractivity contribution >= 4 is 11.8 Å². The number of Topliss-reactive ketones (excluding diaryl/α,β-unsaturated/α-hetero) is 1. The summed E-state index contributed by atoms with van der Waals surface area (Å²) in [6.07, 6.45) is 4.85. The predicted octanol–water partition coefficient (Wildman–Crippen LogP) is 3.70. The standard InChI is InChI=1S/C25H26N2O3/c1-16-21(24(29)30-15-17-8-5-4-6-9-17)22(18-10-7-11-26-14-18)23-19(27-16)12-25(2,3)13-20(23)28/h4-11,14,21-22,27H,1,12-13,15H2,2-3H3/p+1. The van der Waals surface area contributed by atoms with Crippen LogP contribution in [-0.2, 0) is 20.9 Å². The molecule has 1 aliphatic heterocycles. The second-order valence-corrected chi connectivity index (χ2v) is 8.87. The Morgan fingerprint density at radius 2 is 1.97 bits per heavy atom. The van der Waals surface area contributed by atoms with E-state index < -0.39 is 11.8 Å². The molecule has 2 heterocycles. The third kappa shape index (κ3) is 3.92. The van der Waals surface area contributed by atoms with E-state index in [2.05, 4.69) is 30.7 Å². The van der Waals surface area contributed by atoms with Crippen LogP contribution in [-0.4, -0.2) is 11.8 Å². The first-order valence-corrected chi connectivity index (χ1v) is 10.2. The maximum Gasteiger partial charge on any atom is 0.316 e. The molecule has 1 aromatic heterocycles. The molecule has 30 heavy (non-hydrogen) atoms. The van der Waals surface area contributed by atoms with Gasteiger partial charge in [0.25, 0.3) is 0 Å². The maximum atomic E-state index is 13.2. The largest absolute Gasteiger partial charge is 0.460 e. The minimum absolute atomic E-state index is 0.0796. The maximum absolute atomic E-state index is 13.2. The highest BCUT2D eigenvalue weighted by Crippen LogP contribution is 2.47. The number of carbonyl (C=O) groups is 2. The molecule has 1 aliphatic carbocycles. The molecule has 2 aromatic rings. The van der Waals surface area contributed by atoms with Crippen LogP contribution in [0.3, 0.4) is 0 Å². The fourth-order valence-electron chi connectivity index (χ4n) is 4.50. The van der Waals surface area contributed by atoms with Crippen molar-refractivity contribution < 1.29 is 19.3 Å². The van der Waals surface area contributed by atoms with Crippen LogP contribution < -0.4 is 10.3 Å². The molecule has 154 valence electrons. The minimum atomic E-state index is -0.673. The number of ether oxygens (including phenoxy) is 1. The number of ketones is 1. The van der Waals surface area contributed by atoms with Crippen molar-refractivity contribution in [2.45, 2.75) is 39.2 Å². The highest BCUT2D eigenvalue weighted by atomic mass is 16.5. The van der Waals surface area contributed by atoms with Crippen molar-refractivity contribution in [3.8, 4) is 0 Å². The number of pyridine rings is 1. The number of H-pyrrole nitrogens is 1. The number of carbonyl (C=O) groups excluding carboxylic acids is 2. The number of esters is 1. The van der Waals surface area contributed by atoms with Crippen molar-refractivity contribution in [2.75, 3.05) is 0 Å². The number of aromatic nitrogens is 1. The molecule has 0 bridgehead atoms. The molecule has 2 aliphatic rings. The summed E-state index contributed by atoms with van der Waals surface area (Å²) in [5, 5.41) is 3.29. The van der Waals surface area contributed by atoms with Gasteiger partial charge in [-0.1, -0.05) is 50.8 Å². The Hall–Kier alpha value is -3.21. The number of nitrogens with one attached hydrogen (secondary N) is 2. The third-order valence-corrected chi connectivity index (χ3v) is 5.82. The van der Waals surface area contributed by atoms with Crippen molar-refractivity contribution in [3.05, 3.63) is 89.5 Å². The van der Waals surface area contributed by atoms with Gasteiger partial charge in [-0.3, -0.25) is 9.59 Å². The molecular formula is C25H27N2O3+. The van der Waals surface area contributed by atoms with E-state index in [0.717, 1.165) is 23.2 Å². The molecule has 0 radical (unpaired) electrons. The second kappa shape index (κ2) is 7.90. The van der Waals surface area contributed by atoms with Crippen LogP contribution in [0.4, 0.5) is 0 Å². The lowest BCUT2D eigenvalue weighted by Crippen LogP contribution is -2.43. The molecular weight excluding hydrogens is 376 g/mol. The summed E-state index contributed by atoms with van der Waals surface area (Å²) in [4.78, 5) is 29.5. The van der Waals surface area contributed by atoms with Gasteiger partial charge in [-0.25, -0.2) is 4.98 Å². The van der Waals surface area contributed by atoms with Gasteiger partial charge in [0.2, 0.25) is 0 Å². The van der Waals surface area contributed by atoms with Gasteiger partial charge in [0.1, 0.15) is 12.5 Å². The average molecular weight is 404 g/mol. The topological polar surface area (TPSA) is 69.5 Å². The monoisotopic (exact) mass is 403 g/mol. The smallest absolute Gasteiger partial charge is 0.316 e. The normalized spacial score (nSPS) is 22.9. The van der Waals surface area contributed by atoms with Gasteiger partial charge in [-0.05, 0) is 23.5 Å². The van der Waals surface area contributed by atoms with E-state index >= 15 is 0 Å². The molecule has 0 fully saturated rings. The lowest BCUT2D eigenvalue weighted by molar-refractivity contribution is -0.378. The zero-order chi connectivity index (χ0) is 21.3. The lowest BCUT2D eigenvalue weighted by atomic mass is 9.66. The molecule has 5 heteroatoms. The van der Waals surface area contributed by atoms with Crippen LogP contribution in [0.2, 0.25) is 0 Å². The zero-order valence-electron chi connectivity index (χ0n) is 17.4. The second-order valence-electron chi connectivity index (χ2n) is 8.87. The van der Waals surface area contributed by atoms with Crippen LogP contribution in [0.5, 0.6) is 0 Å². The zero-order valence-corrected chi connectivity index (χ0v) is 17.4. The fourth-order valence-corrected chi connectivity index (χ4v) is 4.50. The molecule has 2 unspecified atom stereocenters. The Kier molecular flexibility index (Phi) is 5.29. The van der Waals surface area contributed by atoms with Gasteiger partial charge < -0.3 is 10.1 Å². The molecule has 0 amide bonds. The summed E-state index contributed by atoms with van der Waals surface area (Å²) >= 11 is 0. The highest BCUT2D eigenvalue weighted by molar-refractivity contribution is 6.00. The van der Waals surface area contributed by atoms with Gasteiger partial charge in [-0.15, -0.1) is 0 Å². The number of rotatable bonds is 4. The summed E-state index contributed by atoms with van der Waals surface area (Å²) in [6, 6.07) is 13.4. The van der Waals surface area contributed by atoms with E-state index in [9.17, 15) is 9.59 Å². The lowest BCUT2D eigenvalue weighted by Gasteiger charge is -2.41. The summed E-state index contributed by atoms with van der Waals surface area (Å²) in [7, 11) is 0. The van der Waals surface area contributed by atoms with E-state index in [-0.39, 0.29) is 23.8 Å². The van der Waals surface area contributed by atoms with Crippen LogP contribution in [0, 0.1) is 11.3 Å². The van der Waals surface area contributed by atoms with E-state index in [1.807, 2.05) is 54.9 Å². The molecule has 5 nitrogen and oxygen atoms in total. The molecule has 0 saturated carbocycles. The quantitative estimate of drug-likeness (QED) is 0.791. The molecule has 0 saturated heterocycles. The average Bonchev–Trinajstić information content (AvgIpc) is 2.71. The predicted molar refractivity (Wildman–Crippen MR) is 113 cm³/mol. The van der Waals surface area contributed by atoms with Crippen LogP contribution in [0.1, 0.15) is 43.7 Å². The first kappa shape index (κ1) is 20.1. The van der Waals surface area contributed by atoms with E-state index in [1.165, 1.54) is 0 Å². The summed E-state index contributed by atoms with van der Waals surface area (Å²) in [5.41, 5.74) is 3.80. The van der Waals surface area contributed by atoms with Crippen molar-refractivity contribution in [1.29, 1.82) is 0 Å². The van der Waals surface area contributed by atoms with Crippen molar-refractivity contribution in [1.82, 2.24) is 5.32 Å². The van der Waals surface area contributed by atoms with Crippen LogP contribution in [0.15, 0.2) is 78.4 Å². The van der Waals surface area contributed by atoms with Gasteiger partial charge in [0.15, 0.2) is 18.2 Å². The Morgan fingerprint density at radius 1 is 1.20 bits per heavy atom. The third-order valence-electron chi connectivity index (χ3n) is 5.82. The van der Waals surface area contributed by atoms with Crippen molar-refractivity contribution in [3.63, 3.8) is 0 Å². The number of hydrogen-bond acceptors (Lipinski definition) is 4. The molecule has 2 atom stereocenters. The van der Waals surface area contributed by atoms with E-state index in [1.54, 1.807) is 0 Å².